The van der Waals surface area contributed by atoms with Crippen LogP contribution in [-0.2, 0) is 48.4 Å². The first kappa shape index (κ1) is 18.3. The second-order valence-corrected chi connectivity index (χ2v) is 10.6. The molecule has 3 aliphatic carbocycles. The van der Waals surface area contributed by atoms with Crippen molar-refractivity contribution in [2.45, 2.75) is 62.0 Å². The van der Waals surface area contributed by atoms with Crippen LogP contribution in [0.1, 0.15) is 52.6 Å². The molecule has 1 heterocycles. The molecule has 3 aliphatic rings. The Morgan fingerprint density at radius 2 is 1.64 bits per heavy atom. The Morgan fingerprint density at radius 3 is 2.43 bits per heavy atom. The number of thiophene rings is 1. The van der Waals surface area contributed by atoms with Crippen molar-refractivity contribution in [1.82, 2.24) is 0 Å². The van der Waals surface area contributed by atoms with Crippen molar-refractivity contribution in [3.8, 4) is 0 Å². The average Bonchev–Trinajstić information content (AvgIpc) is 3.26. The zero-order valence-corrected chi connectivity index (χ0v) is 17.1. The molecule has 148 valence electrons. The number of fused-ring (bicyclic) bond motifs is 3. The van der Waals surface area contributed by atoms with Gasteiger partial charge in [-0.05, 0) is 96.5 Å². The first-order valence-corrected chi connectivity index (χ1v) is 12.2. The summed E-state index contributed by atoms with van der Waals surface area (Å²) in [5, 5.41) is 10.8. The molecule has 0 bridgehead atoms. The molecule has 1 unspecified atom stereocenters. The number of nitrogens with zero attached hydrogens (tertiary/aromatic N) is 1. The fourth-order valence-corrected chi connectivity index (χ4v) is 7.35. The van der Waals surface area contributed by atoms with Gasteiger partial charge in [0.15, 0.2) is 9.92 Å². The van der Waals surface area contributed by atoms with Gasteiger partial charge >= 0.3 is 6.03 Å². The van der Waals surface area contributed by atoms with E-state index in [0.717, 1.165) is 67.2 Å². The molecule has 2 aromatic rings. The van der Waals surface area contributed by atoms with Crippen molar-refractivity contribution in [2.75, 3.05) is 5.32 Å². The van der Waals surface area contributed by atoms with Gasteiger partial charge < -0.3 is 5.32 Å². The molecule has 5 rings (SSSR count). The number of nitrogens with one attached hydrogen (secondary N) is 1. The first-order valence-electron chi connectivity index (χ1n) is 9.76. The number of carbonyl (C=O) groups excluding carboxylic acids is 1. The molecule has 1 aromatic carbocycles. The molecule has 2 amide bonds. The van der Waals surface area contributed by atoms with Gasteiger partial charge in [-0.1, -0.05) is 0 Å². The van der Waals surface area contributed by atoms with Crippen LogP contribution in [0.5, 0.6) is 0 Å². The van der Waals surface area contributed by atoms with Crippen LogP contribution in [0.4, 0.5) is 14.9 Å². The SMILES string of the molecule is NS(=O)(=NC(=O)Nc1c2c(c(F)c3c1CC3)CCC2)c1scc2c1CCCC2. The van der Waals surface area contributed by atoms with E-state index in [1.807, 2.05) is 5.38 Å². The fourth-order valence-electron chi connectivity index (χ4n) is 4.70. The van der Waals surface area contributed by atoms with Crippen LogP contribution < -0.4 is 10.5 Å². The third kappa shape index (κ3) is 2.81. The van der Waals surface area contributed by atoms with Gasteiger partial charge in [0.2, 0.25) is 0 Å². The van der Waals surface area contributed by atoms with E-state index in [0.29, 0.717) is 28.3 Å². The average molecular weight is 420 g/mol. The second kappa shape index (κ2) is 6.64. The Morgan fingerprint density at radius 1 is 1.00 bits per heavy atom. The summed E-state index contributed by atoms with van der Waals surface area (Å²) >= 11 is 1.34. The molecular formula is C20H22FN3O2S2. The topological polar surface area (TPSA) is 84.6 Å². The minimum Gasteiger partial charge on any atom is -0.305 e. The molecule has 3 N–H and O–H groups in total. The lowest BCUT2D eigenvalue weighted by Crippen LogP contribution is -2.22. The zero-order valence-electron chi connectivity index (χ0n) is 15.5. The van der Waals surface area contributed by atoms with Crippen molar-refractivity contribution in [3.05, 3.63) is 44.6 Å². The number of benzene rings is 1. The maximum absolute atomic E-state index is 14.5. The summed E-state index contributed by atoms with van der Waals surface area (Å²) in [6.07, 6.45) is 7.70. The van der Waals surface area contributed by atoms with E-state index >= 15 is 0 Å². The number of hydrogen-bond donors (Lipinski definition) is 2. The number of rotatable bonds is 2. The molecule has 0 aliphatic heterocycles. The smallest absolute Gasteiger partial charge is 0.305 e. The van der Waals surface area contributed by atoms with E-state index in [4.69, 9.17) is 5.14 Å². The molecule has 1 atom stereocenters. The minimum atomic E-state index is -3.30. The molecule has 0 spiro atoms. The van der Waals surface area contributed by atoms with Gasteiger partial charge in [0.25, 0.3) is 0 Å². The highest BCUT2D eigenvalue weighted by molar-refractivity contribution is 7.93. The highest BCUT2D eigenvalue weighted by Gasteiger charge is 2.31. The van der Waals surface area contributed by atoms with E-state index in [-0.39, 0.29) is 5.82 Å². The van der Waals surface area contributed by atoms with E-state index in [2.05, 4.69) is 9.68 Å². The van der Waals surface area contributed by atoms with Crippen LogP contribution in [0.2, 0.25) is 0 Å². The van der Waals surface area contributed by atoms with Crippen molar-refractivity contribution in [1.29, 1.82) is 0 Å². The van der Waals surface area contributed by atoms with Crippen LogP contribution in [0, 0.1) is 5.82 Å². The highest BCUT2D eigenvalue weighted by atomic mass is 32.2. The molecule has 8 heteroatoms. The summed E-state index contributed by atoms with van der Waals surface area (Å²) < 4.78 is 32.0. The van der Waals surface area contributed by atoms with Gasteiger partial charge in [0, 0.05) is 5.69 Å². The molecule has 0 fully saturated rings. The van der Waals surface area contributed by atoms with Crippen LogP contribution >= 0.6 is 11.3 Å². The standard InChI is InChI=1S/C20H22FN3O2S2/c21-17-13-6-3-7-15(13)18(16-9-8-14(16)17)23-20(25)24-28(22,26)19-12-5-2-1-4-11(12)10-27-19/h10H,1-9H2,(H3,22,23,24,25,26). The Hall–Kier alpha value is -1.77. The van der Waals surface area contributed by atoms with E-state index in [1.54, 1.807) is 0 Å². The fraction of sp³-hybridized carbons (Fsp3) is 0.450. The third-order valence-electron chi connectivity index (χ3n) is 6.12. The van der Waals surface area contributed by atoms with Gasteiger partial charge in [-0.25, -0.2) is 18.5 Å². The maximum atomic E-state index is 14.5. The summed E-state index contributed by atoms with van der Waals surface area (Å²) in [7, 11) is -3.30. The monoisotopic (exact) mass is 419 g/mol. The Kier molecular flexibility index (Phi) is 4.33. The second-order valence-electron chi connectivity index (χ2n) is 7.78. The van der Waals surface area contributed by atoms with Gasteiger partial charge in [0.05, 0.1) is 0 Å². The molecular weight excluding hydrogens is 397 g/mol. The lowest BCUT2D eigenvalue weighted by molar-refractivity contribution is 0.260. The number of nitrogens with two attached hydrogens (primary N) is 1. The van der Waals surface area contributed by atoms with Crippen LogP contribution in [-0.4, -0.2) is 10.2 Å². The Bertz CT molecular complexity index is 1130. The lowest BCUT2D eigenvalue weighted by atomic mass is 9.83. The van der Waals surface area contributed by atoms with Gasteiger partial charge in [-0.3, -0.25) is 0 Å². The maximum Gasteiger partial charge on any atom is 0.354 e. The third-order valence-corrected chi connectivity index (χ3v) is 9.20. The summed E-state index contributed by atoms with van der Waals surface area (Å²) in [5.74, 6) is -0.100. The van der Waals surface area contributed by atoms with Crippen LogP contribution in [0.25, 0.3) is 0 Å². The molecule has 0 saturated carbocycles. The van der Waals surface area contributed by atoms with Gasteiger partial charge in [0.1, 0.15) is 10.0 Å². The van der Waals surface area contributed by atoms with Crippen molar-refractivity contribution < 1.29 is 13.4 Å². The first-order chi connectivity index (χ1) is 13.5. The summed E-state index contributed by atoms with van der Waals surface area (Å²) in [6, 6.07) is -0.708. The lowest BCUT2D eigenvalue weighted by Gasteiger charge is -2.26. The van der Waals surface area contributed by atoms with E-state index < -0.39 is 15.9 Å². The zero-order chi connectivity index (χ0) is 19.5. The van der Waals surface area contributed by atoms with Gasteiger partial charge in [-0.2, -0.15) is 0 Å². The number of amides is 2. The predicted octanol–water partition coefficient (Wildman–Crippen LogP) is 4.29. The summed E-state index contributed by atoms with van der Waals surface area (Å²) in [5.41, 5.74) is 6.01. The van der Waals surface area contributed by atoms with Crippen molar-refractivity contribution in [3.63, 3.8) is 0 Å². The predicted molar refractivity (Wildman–Crippen MR) is 109 cm³/mol. The largest absolute Gasteiger partial charge is 0.354 e. The number of hydrogen-bond acceptors (Lipinski definition) is 3. The number of halogens is 1. The molecule has 0 saturated heterocycles. The highest BCUT2D eigenvalue weighted by Crippen LogP contribution is 2.42. The van der Waals surface area contributed by atoms with E-state index in [9.17, 15) is 13.4 Å². The number of carbonyl (C=O) groups is 1. The Labute approximate surface area is 167 Å². The van der Waals surface area contributed by atoms with Crippen molar-refractivity contribution in [2.24, 2.45) is 9.50 Å². The van der Waals surface area contributed by atoms with Gasteiger partial charge in [-0.15, -0.1) is 15.7 Å². The quantitative estimate of drug-likeness (QED) is 0.761. The summed E-state index contributed by atoms with van der Waals surface area (Å²) in [4.78, 5) is 12.6. The molecule has 28 heavy (non-hydrogen) atoms. The Balaban J connectivity index is 1.49. The minimum absolute atomic E-state index is 0.100. The summed E-state index contributed by atoms with van der Waals surface area (Å²) in [6.45, 7) is 0. The van der Waals surface area contributed by atoms with E-state index in [1.165, 1.54) is 16.9 Å². The van der Waals surface area contributed by atoms with Crippen LogP contribution in [0.15, 0.2) is 14.0 Å². The molecule has 1 aromatic heterocycles. The number of urea groups is 1. The molecule has 5 nitrogen and oxygen atoms in total. The number of aryl methyl sites for hydroxylation is 1. The van der Waals surface area contributed by atoms with Crippen LogP contribution in [0.3, 0.4) is 0 Å². The molecule has 0 radical (unpaired) electrons. The normalized spacial score (nSPS) is 19.1. The van der Waals surface area contributed by atoms with Crippen molar-refractivity contribution >= 4 is 33.0 Å². The number of anilines is 1.